The Hall–Kier alpha value is -1.62. The number of halogens is 1. The van der Waals surface area contributed by atoms with Gasteiger partial charge in [-0.15, -0.1) is 0 Å². The highest BCUT2D eigenvalue weighted by Gasteiger charge is 2.05. The second-order valence-corrected chi connectivity index (χ2v) is 4.74. The van der Waals surface area contributed by atoms with Gasteiger partial charge in [-0.1, -0.05) is 6.07 Å². The number of nitrogen functional groups attached to an aromatic ring is 1. The van der Waals surface area contributed by atoms with Crippen LogP contribution >= 0.6 is 15.9 Å². The number of anilines is 1. The molecule has 0 bridgehead atoms. The summed E-state index contributed by atoms with van der Waals surface area (Å²) in [5.74, 6) is 0.456. The molecule has 2 aromatic rings. The van der Waals surface area contributed by atoms with Crippen molar-refractivity contribution >= 4 is 21.7 Å². The molecule has 0 amide bonds. The van der Waals surface area contributed by atoms with Gasteiger partial charge in [0.05, 0.1) is 6.54 Å². The van der Waals surface area contributed by atoms with Crippen LogP contribution in [0, 0.1) is 6.92 Å². The van der Waals surface area contributed by atoms with Crippen LogP contribution in [-0.4, -0.2) is 9.55 Å². The topological polar surface area (TPSA) is 60.9 Å². The molecule has 2 N–H and O–H groups in total. The maximum Gasteiger partial charge on any atom is 0.253 e. The van der Waals surface area contributed by atoms with Crippen molar-refractivity contribution in [3.8, 4) is 0 Å². The van der Waals surface area contributed by atoms with E-state index in [0.717, 1.165) is 10.0 Å². The fraction of sp³-hybridized carbons (Fsp3) is 0.167. The summed E-state index contributed by atoms with van der Waals surface area (Å²) in [4.78, 5) is 15.9. The van der Waals surface area contributed by atoms with Crippen LogP contribution in [-0.2, 0) is 6.54 Å². The molecule has 2 heterocycles. The standard InChI is InChI=1S/C12H12BrN3O/c1-8-5-10(13)7-16(12(8)17)6-9-3-2-4-15-11(9)14/h2-5,7H,6H2,1H3,(H2,14,15). The van der Waals surface area contributed by atoms with E-state index in [9.17, 15) is 4.79 Å². The largest absolute Gasteiger partial charge is 0.383 e. The summed E-state index contributed by atoms with van der Waals surface area (Å²) < 4.78 is 2.49. The van der Waals surface area contributed by atoms with Crippen molar-refractivity contribution in [1.82, 2.24) is 9.55 Å². The van der Waals surface area contributed by atoms with E-state index in [-0.39, 0.29) is 5.56 Å². The molecule has 0 saturated carbocycles. The fourth-order valence-electron chi connectivity index (χ4n) is 1.63. The monoisotopic (exact) mass is 293 g/mol. The highest BCUT2D eigenvalue weighted by Crippen LogP contribution is 2.12. The van der Waals surface area contributed by atoms with Gasteiger partial charge < -0.3 is 10.3 Å². The lowest BCUT2D eigenvalue weighted by atomic mass is 10.2. The summed E-state index contributed by atoms with van der Waals surface area (Å²) in [6.45, 7) is 2.22. The number of nitrogens with two attached hydrogens (primary N) is 1. The molecule has 0 unspecified atom stereocenters. The maximum absolute atomic E-state index is 11.9. The number of hydrogen-bond acceptors (Lipinski definition) is 3. The number of nitrogens with zero attached hydrogens (tertiary/aromatic N) is 2. The van der Waals surface area contributed by atoms with Crippen molar-refractivity contribution < 1.29 is 0 Å². The van der Waals surface area contributed by atoms with E-state index in [1.165, 1.54) is 0 Å². The first-order valence-electron chi connectivity index (χ1n) is 5.14. The van der Waals surface area contributed by atoms with Crippen molar-refractivity contribution in [3.63, 3.8) is 0 Å². The first-order chi connectivity index (χ1) is 8.08. The average Bonchev–Trinajstić information content (AvgIpc) is 2.28. The van der Waals surface area contributed by atoms with Gasteiger partial charge in [0.2, 0.25) is 0 Å². The van der Waals surface area contributed by atoms with Crippen LogP contribution in [0.2, 0.25) is 0 Å². The van der Waals surface area contributed by atoms with Crippen LogP contribution in [0.4, 0.5) is 5.82 Å². The summed E-state index contributed by atoms with van der Waals surface area (Å²) in [6, 6.07) is 5.47. The van der Waals surface area contributed by atoms with Crippen molar-refractivity contribution in [2.45, 2.75) is 13.5 Å². The molecule has 0 aliphatic heterocycles. The third-order valence-corrected chi connectivity index (χ3v) is 2.93. The van der Waals surface area contributed by atoms with Crippen molar-refractivity contribution in [2.24, 2.45) is 0 Å². The van der Waals surface area contributed by atoms with E-state index in [1.54, 1.807) is 30.0 Å². The molecule has 4 nitrogen and oxygen atoms in total. The Morgan fingerprint density at radius 2 is 2.29 bits per heavy atom. The Labute approximate surface area is 107 Å². The zero-order valence-corrected chi connectivity index (χ0v) is 10.9. The third-order valence-electron chi connectivity index (χ3n) is 2.50. The number of pyridine rings is 2. The third kappa shape index (κ3) is 2.55. The molecule has 0 spiro atoms. The summed E-state index contributed by atoms with van der Waals surface area (Å²) in [5.41, 5.74) is 7.28. The Morgan fingerprint density at radius 1 is 1.53 bits per heavy atom. The molecule has 0 aliphatic rings. The van der Waals surface area contributed by atoms with Gasteiger partial charge in [0.25, 0.3) is 5.56 Å². The lowest BCUT2D eigenvalue weighted by Gasteiger charge is -2.09. The summed E-state index contributed by atoms with van der Waals surface area (Å²) in [6.07, 6.45) is 3.38. The molecule has 88 valence electrons. The molecule has 2 rings (SSSR count). The van der Waals surface area contributed by atoms with Crippen LogP contribution in [0.15, 0.2) is 39.9 Å². The van der Waals surface area contributed by atoms with E-state index >= 15 is 0 Å². The van der Waals surface area contributed by atoms with Gasteiger partial charge in [-0.2, -0.15) is 0 Å². The van der Waals surface area contributed by atoms with Crippen LogP contribution in [0.1, 0.15) is 11.1 Å². The zero-order chi connectivity index (χ0) is 12.4. The Kier molecular flexibility index (Phi) is 3.28. The molecule has 0 radical (unpaired) electrons. The van der Waals surface area contributed by atoms with E-state index in [0.29, 0.717) is 17.9 Å². The first kappa shape index (κ1) is 11.9. The van der Waals surface area contributed by atoms with Gasteiger partial charge in [-0.25, -0.2) is 4.98 Å². The Bertz CT molecular complexity index is 607. The molecule has 0 atom stereocenters. The predicted molar refractivity (Wildman–Crippen MR) is 70.9 cm³/mol. The highest BCUT2D eigenvalue weighted by atomic mass is 79.9. The molecule has 2 aromatic heterocycles. The van der Waals surface area contributed by atoms with Gasteiger partial charge in [0, 0.05) is 28.0 Å². The normalized spacial score (nSPS) is 10.5. The Morgan fingerprint density at radius 3 is 3.00 bits per heavy atom. The zero-order valence-electron chi connectivity index (χ0n) is 9.35. The van der Waals surface area contributed by atoms with Gasteiger partial charge >= 0.3 is 0 Å². The molecule has 0 saturated heterocycles. The molecule has 0 aliphatic carbocycles. The van der Waals surface area contributed by atoms with Crippen LogP contribution in [0.3, 0.4) is 0 Å². The number of aryl methyl sites for hydroxylation is 1. The Balaban J connectivity index is 2.44. The van der Waals surface area contributed by atoms with Gasteiger partial charge in [0.15, 0.2) is 0 Å². The number of aromatic nitrogens is 2. The maximum atomic E-state index is 11.9. The van der Waals surface area contributed by atoms with Crippen LogP contribution < -0.4 is 11.3 Å². The summed E-state index contributed by atoms with van der Waals surface area (Å²) in [7, 11) is 0. The minimum absolute atomic E-state index is 0.0172. The fourth-order valence-corrected chi connectivity index (χ4v) is 2.22. The second kappa shape index (κ2) is 4.71. The minimum atomic E-state index is -0.0172. The average molecular weight is 294 g/mol. The van der Waals surface area contributed by atoms with Crippen molar-refractivity contribution in [2.75, 3.05) is 5.73 Å². The van der Waals surface area contributed by atoms with Crippen LogP contribution in [0.25, 0.3) is 0 Å². The van der Waals surface area contributed by atoms with Crippen molar-refractivity contribution in [3.05, 3.63) is 56.5 Å². The summed E-state index contributed by atoms with van der Waals surface area (Å²) in [5, 5.41) is 0. The number of hydrogen-bond donors (Lipinski definition) is 1. The molecule has 17 heavy (non-hydrogen) atoms. The van der Waals surface area contributed by atoms with Gasteiger partial charge in [-0.3, -0.25) is 4.79 Å². The minimum Gasteiger partial charge on any atom is -0.383 e. The molecular weight excluding hydrogens is 282 g/mol. The summed E-state index contributed by atoms with van der Waals surface area (Å²) >= 11 is 3.37. The van der Waals surface area contributed by atoms with E-state index in [1.807, 2.05) is 12.1 Å². The highest BCUT2D eigenvalue weighted by molar-refractivity contribution is 9.10. The lowest BCUT2D eigenvalue weighted by molar-refractivity contribution is 0.748. The van der Waals surface area contributed by atoms with E-state index in [2.05, 4.69) is 20.9 Å². The van der Waals surface area contributed by atoms with Crippen LogP contribution in [0.5, 0.6) is 0 Å². The van der Waals surface area contributed by atoms with Gasteiger partial charge in [0.1, 0.15) is 5.82 Å². The van der Waals surface area contributed by atoms with E-state index in [4.69, 9.17) is 5.73 Å². The predicted octanol–water partition coefficient (Wildman–Crippen LogP) is 1.94. The molecule has 0 fully saturated rings. The lowest BCUT2D eigenvalue weighted by Crippen LogP contribution is -2.22. The smallest absolute Gasteiger partial charge is 0.253 e. The SMILES string of the molecule is Cc1cc(Br)cn(Cc2cccnc2N)c1=O. The quantitative estimate of drug-likeness (QED) is 0.921. The second-order valence-electron chi connectivity index (χ2n) is 3.82. The number of rotatable bonds is 2. The first-order valence-corrected chi connectivity index (χ1v) is 5.93. The van der Waals surface area contributed by atoms with E-state index < -0.39 is 0 Å². The molecule has 0 aromatic carbocycles. The van der Waals surface area contributed by atoms with Crippen molar-refractivity contribution in [1.29, 1.82) is 0 Å². The molecular formula is C12H12BrN3O. The van der Waals surface area contributed by atoms with Gasteiger partial charge in [-0.05, 0) is 35.0 Å². The molecule has 5 heteroatoms.